The van der Waals surface area contributed by atoms with Gasteiger partial charge in [0.15, 0.2) is 0 Å². The monoisotopic (exact) mass is 599 g/mol. The second kappa shape index (κ2) is 13.1. The number of aromatic amines is 1. The lowest BCUT2D eigenvalue weighted by Gasteiger charge is -2.18. The first-order valence-corrected chi connectivity index (χ1v) is 13.5. The average molecular weight is 600 g/mol. The molecule has 1 amide bonds. The van der Waals surface area contributed by atoms with E-state index in [4.69, 9.17) is 14.6 Å². The molecule has 0 unspecified atom stereocenters. The van der Waals surface area contributed by atoms with E-state index in [9.17, 15) is 14.7 Å². The summed E-state index contributed by atoms with van der Waals surface area (Å²) in [5.74, 6) is 0.664. The van der Waals surface area contributed by atoms with Crippen LogP contribution in [0, 0.1) is 6.92 Å². The first-order chi connectivity index (χ1) is 21.3. The molecule has 1 atom stereocenters. The van der Waals surface area contributed by atoms with Crippen molar-refractivity contribution in [2.45, 2.75) is 25.8 Å². The maximum Gasteiger partial charge on any atom is 0.411 e. The van der Waals surface area contributed by atoms with Gasteiger partial charge in [-0.1, -0.05) is 11.6 Å². The SMILES string of the molecule is COCCN(C(=O)O)c1ccc(-c2cnc([C@@H]3CCc4cc(-c5cc(C)ccc5-n5cnnn5)cc(=O)n43)[nH]2)nc1.O=CO. The van der Waals surface area contributed by atoms with E-state index in [1.165, 1.54) is 24.5 Å². The van der Waals surface area contributed by atoms with Gasteiger partial charge in [-0.15, -0.1) is 5.10 Å². The smallest absolute Gasteiger partial charge is 0.411 e. The maximum atomic E-state index is 13.5. The molecule has 3 N–H and O–H groups in total. The van der Waals surface area contributed by atoms with Crippen molar-refractivity contribution in [3.8, 4) is 28.2 Å². The highest BCUT2D eigenvalue weighted by atomic mass is 16.5. The fraction of sp³-hybridized carbons (Fsp3) is 0.241. The standard InChI is InChI=1S/C28H27N9O4.CH2O2/c1-17-3-7-24(36-16-31-33-34-36)21(11-17)18-12-19-5-8-25(37(19)26(38)13-18)27-30-15-23(32-27)22-6-4-20(14-29-22)35(28(39)40)9-10-41-2;2-1-3/h3-4,6-7,11-16,25H,5,8-10H2,1-2H3,(H,30,32)(H,39,40);1H,(H,2,3)/t25-;/m0./s1. The van der Waals surface area contributed by atoms with Gasteiger partial charge in [0.05, 0.1) is 54.3 Å². The van der Waals surface area contributed by atoms with E-state index < -0.39 is 6.09 Å². The van der Waals surface area contributed by atoms with Gasteiger partial charge in [-0.05, 0) is 66.1 Å². The van der Waals surface area contributed by atoms with Crippen molar-refractivity contribution in [2.75, 3.05) is 25.2 Å². The lowest BCUT2D eigenvalue weighted by atomic mass is 10.0. The molecule has 0 saturated heterocycles. The molecule has 6 rings (SSSR count). The summed E-state index contributed by atoms with van der Waals surface area (Å²) in [7, 11) is 1.52. The fourth-order valence-corrected chi connectivity index (χ4v) is 5.22. The Morgan fingerprint density at radius 2 is 2.00 bits per heavy atom. The Hall–Kier alpha value is -5.70. The van der Waals surface area contributed by atoms with Gasteiger partial charge in [0.25, 0.3) is 12.0 Å². The number of nitrogens with zero attached hydrogens (tertiary/aromatic N) is 8. The van der Waals surface area contributed by atoms with Gasteiger partial charge in [-0.2, -0.15) is 4.68 Å². The number of tetrazole rings is 1. The van der Waals surface area contributed by atoms with Crippen LogP contribution < -0.4 is 10.5 Å². The lowest BCUT2D eigenvalue weighted by molar-refractivity contribution is -0.122. The predicted molar refractivity (Wildman–Crippen MR) is 158 cm³/mol. The molecule has 1 aliphatic rings. The lowest BCUT2D eigenvalue weighted by Crippen LogP contribution is -2.32. The van der Waals surface area contributed by atoms with Gasteiger partial charge in [0.1, 0.15) is 12.2 Å². The highest BCUT2D eigenvalue weighted by Gasteiger charge is 2.28. The Bertz CT molecular complexity index is 1820. The summed E-state index contributed by atoms with van der Waals surface area (Å²) >= 11 is 0. The minimum atomic E-state index is -1.08. The zero-order chi connectivity index (χ0) is 31.2. The number of aryl methyl sites for hydroxylation is 2. The molecule has 1 aromatic carbocycles. The van der Waals surface area contributed by atoms with E-state index in [-0.39, 0.29) is 31.2 Å². The number of benzene rings is 1. The number of carbonyl (C=O) groups is 2. The quantitative estimate of drug-likeness (QED) is 0.222. The van der Waals surface area contributed by atoms with E-state index >= 15 is 0 Å². The second-order valence-electron chi connectivity index (χ2n) is 9.89. The van der Waals surface area contributed by atoms with Gasteiger partial charge in [0, 0.05) is 24.4 Å². The second-order valence-corrected chi connectivity index (χ2v) is 9.89. The molecule has 1 aliphatic heterocycles. The predicted octanol–water partition coefficient (Wildman–Crippen LogP) is 2.95. The van der Waals surface area contributed by atoms with Crippen LogP contribution in [0.15, 0.2) is 66.0 Å². The Balaban J connectivity index is 0.00000123. The van der Waals surface area contributed by atoms with Crippen LogP contribution in [0.1, 0.15) is 29.5 Å². The molecule has 15 nitrogen and oxygen atoms in total. The number of methoxy groups -OCH3 is 1. The van der Waals surface area contributed by atoms with Crippen molar-refractivity contribution >= 4 is 18.3 Å². The molecule has 0 aliphatic carbocycles. The Labute approximate surface area is 250 Å². The molecule has 0 saturated carbocycles. The number of H-pyrrole nitrogens is 1. The molecule has 15 heteroatoms. The Morgan fingerprint density at radius 1 is 1.18 bits per heavy atom. The molecule has 4 aromatic heterocycles. The maximum absolute atomic E-state index is 13.5. The molecule has 5 heterocycles. The normalized spacial score (nSPS) is 13.5. The van der Waals surface area contributed by atoms with Gasteiger partial charge >= 0.3 is 6.09 Å². The number of anilines is 1. The van der Waals surface area contributed by atoms with Crippen LogP contribution in [0.5, 0.6) is 0 Å². The number of nitrogens with one attached hydrogen (secondary N) is 1. The van der Waals surface area contributed by atoms with Gasteiger partial charge in [0.2, 0.25) is 0 Å². The van der Waals surface area contributed by atoms with Crippen LogP contribution >= 0.6 is 0 Å². The molecular weight excluding hydrogens is 570 g/mol. The summed E-state index contributed by atoms with van der Waals surface area (Å²) in [5.41, 5.74) is 6.07. The summed E-state index contributed by atoms with van der Waals surface area (Å²) in [4.78, 5) is 47.0. The largest absolute Gasteiger partial charge is 0.483 e. The van der Waals surface area contributed by atoms with Crippen molar-refractivity contribution in [1.82, 2.24) is 39.7 Å². The topological polar surface area (TPSA) is 194 Å². The first kappa shape index (κ1) is 29.8. The Morgan fingerprint density at radius 3 is 2.68 bits per heavy atom. The molecule has 226 valence electrons. The van der Waals surface area contributed by atoms with Crippen LogP contribution in [0.3, 0.4) is 0 Å². The highest BCUT2D eigenvalue weighted by Crippen LogP contribution is 2.33. The molecule has 5 aromatic rings. The van der Waals surface area contributed by atoms with Crippen molar-refractivity contribution in [1.29, 1.82) is 0 Å². The van der Waals surface area contributed by atoms with Crippen LogP contribution in [0.2, 0.25) is 0 Å². The summed E-state index contributed by atoms with van der Waals surface area (Å²) in [6.07, 6.45) is 5.08. The molecule has 0 fully saturated rings. The molecular formula is C29H29N9O6. The number of aromatic nitrogens is 8. The zero-order valence-electron chi connectivity index (χ0n) is 23.9. The average Bonchev–Trinajstić information content (AvgIpc) is 3.79. The number of fused-ring (bicyclic) bond motifs is 1. The number of rotatable bonds is 8. The summed E-state index contributed by atoms with van der Waals surface area (Å²) in [6, 6.07) is 12.8. The van der Waals surface area contributed by atoms with E-state index in [0.29, 0.717) is 22.9 Å². The van der Waals surface area contributed by atoms with Crippen LogP contribution in [-0.2, 0) is 16.0 Å². The van der Waals surface area contributed by atoms with Crippen LogP contribution in [0.4, 0.5) is 10.5 Å². The summed E-state index contributed by atoms with van der Waals surface area (Å²) < 4.78 is 8.38. The molecule has 44 heavy (non-hydrogen) atoms. The first-order valence-electron chi connectivity index (χ1n) is 13.5. The number of hydrogen-bond donors (Lipinski definition) is 3. The summed E-state index contributed by atoms with van der Waals surface area (Å²) in [5, 5.41) is 27.9. The van der Waals surface area contributed by atoms with Crippen molar-refractivity contribution in [3.05, 3.63) is 88.6 Å². The van der Waals surface area contributed by atoms with Crippen molar-refractivity contribution < 1.29 is 24.5 Å². The minimum absolute atomic E-state index is 0.116. The third kappa shape index (κ3) is 6.07. The molecule has 0 bridgehead atoms. The minimum Gasteiger partial charge on any atom is -0.483 e. The highest BCUT2D eigenvalue weighted by molar-refractivity contribution is 5.86. The zero-order valence-corrected chi connectivity index (χ0v) is 23.9. The van der Waals surface area contributed by atoms with E-state index in [2.05, 4.69) is 30.5 Å². The molecule has 0 spiro atoms. The number of imidazole rings is 1. The van der Waals surface area contributed by atoms with Crippen LogP contribution in [-0.4, -0.2) is 82.8 Å². The van der Waals surface area contributed by atoms with E-state index in [1.54, 1.807) is 33.6 Å². The Kier molecular flexibility index (Phi) is 8.85. The van der Waals surface area contributed by atoms with E-state index in [0.717, 1.165) is 40.9 Å². The number of ether oxygens (including phenoxy) is 1. The third-order valence-electron chi connectivity index (χ3n) is 7.19. The summed E-state index contributed by atoms with van der Waals surface area (Å²) in [6.45, 7) is 2.22. The third-order valence-corrected chi connectivity index (χ3v) is 7.19. The van der Waals surface area contributed by atoms with Crippen molar-refractivity contribution in [3.63, 3.8) is 0 Å². The van der Waals surface area contributed by atoms with Gasteiger partial charge in [-0.25, -0.2) is 9.78 Å². The molecule has 0 radical (unpaired) electrons. The van der Waals surface area contributed by atoms with Gasteiger partial charge < -0.3 is 24.5 Å². The number of hydrogen-bond acceptors (Lipinski definition) is 9. The number of carboxylic acid groups (broad SMARTS) is 2. The fourth-order valence-electron chi connectivity index (χ4n) is 5.22. The van der Waals surface area contributed by atoms with Crippen LogP contribution in [0.25, 0.3) is 28.2 Å². The van der Waals surface area contributed by atoms with E-state index in [1.807, 2.05) is 31.2 Å². The van der Waals surface area contributed by atoms with Gasteiger partial charge in [-0.3, -0.25) is 19.5 Å². The number of pyridine rings is 2. The van der Waals surface area contributed by atoms with Crippen molar-refractivity contribution in [2.24, 2.45) is 0 Å². The number of amides is 1.